The van der Waals surface area contributed by atoms with Crippen molar-refractivity contribution in [3.8, 4) is 0 Å². The number of rotatable bonds is 0. The zero-order valence-corrected chi connectivity index (χ0v) is 4.74. The lowest BCUT2D eigenvalue weighted by atomic mass is 10.9. The Balaban J connectivity index is 2.69. The van der Waals surface area contributed by atoms with Crippen molar-refractivity contribution in [3.05, 3.63) is 11.4 Å². The molecule has 7 heavy (non-hydrogen) atoms. The summed E-state index contributed by atoms with van der Waals surface area (Å²) in [7, 11) is 0. The van der Waals surface area contributed by atoms with Crippen LogP contribution in [0.2, 0.25) is 0 Å². The van der Waals surface area contributed by atoms with E-state index < -0.39 is 0 Å². The molecule has 1 aliphatic heterocycles. The second-order valence-corrected chi connectivity index (χ2v) is 1.69. The van der Waals surface area contributed by atoms with E-state index in [-0.39, 0.29) is 5.29 Å². The summed E-state index contributed by atoms with van der Waals surface area (Å²) in [6.07, 6.45) is 1.39. The third-order valence-electron chi connectivity index (χ3n) is 0.477. The molecule has 0 bridgehead atoms. The van der Waals surface area contributed by atoms with Gasteiger partial charge in [0.1, 0.15) is 0 Å². The number of amidine groups is 1. The molecule has 0 aromatic carbocycles. The van der Waals surface area contributed by atoms with E-state index in [1.807, 2.05) is 0 Å². The standard InChI is InChI=1S/C3HCl2N2/c4-2-1-6-3(5)7-2/h1H. The monoisotopic (exact) mass is 135 g/mol. The van der Waals surface area contributed by atoms with Gasteiger partial charge in [-0.05, 0) is 11.6 Å². The van der Waals surface area contributed by atoms with Crippen molar-refractivity contribution >= 4 is 28.5 Å². The maximum atomic E-state index is 5.30. The van der Waals surface area contributed by atoms with Gasteiger partial charge in [-0.3, -0.25) is 0 Å². The normalized spacial score (nSPS) is 18.0. The summed E-state index contributed by atoms with van der Waals surface area (Å²) in [5.41, 5.74) is 0. The number of nitrogens with zero attached hydrogens (tertiary/aromatic N) is 2. The van der Waals surface area contributed by atoms with E-state index in [0.29, 0.717) is 5.16 Å². The topological polar surface area (TPSA) is 26.5 Å². The summed E-state index contributed by atoms with van der Waals surface area (Å²) in [5.74, 6) is 0. The molecule has 0 aromatic rings. The van der Waals surface area contributed by atoms with Gasteiger partial charge in [0.15, 0.2) is 5.16 Å². The quantitative estimate of drug-likeness (QED) is 0.448. The van der Waals surface area contributed by atoms with Gasteiger partial charge in [0.2, 0.25) is 5.29 Å². The molecule has 0 spiro atoms. The van der Waals surface area contributed by atoms with Crippen molar-refractivity contribution < 1.29 is 0 Å². The molecule has 0 saturated carbocycles. The molecule has 37 valence electrons. The Bertz CT molecular complexity index is 138. The molecule has 1 aliphatic rings. The first kappa shape index (κ1) is 4.94. The van der Waals surface area contributed by atoms with Crippen molar-refractivity contribution in [1.82, 2.24) is 5.32 Å². The maximum absolute atomic E-state index is 5.30. The second kappa shape index (κ2) is 1.72. The largest absolute Gasteiger partial charge is 0.223 e. The lowest BCUT2D eigenvalue weighted by Gasteiger charge is -1.74. The molecule has 0 aliphatic carbocycles. The van der Waals surface area contributed by atoms with Gasteiger partial charge in [0, 0.05) is 0 Å². The van der Waals surface area contributed by atoms with Gasteiger partial charge in [0.25, 0.3) is 0 Å². The lowest BCUT2D eigenvalue weighted by Crippen LogP contribution is -1.93. The van der Waals surface area contributed by atoms with E-state index >= 15 is 0 Å². The average molecular weight is 136 g/mol. The van der Waals surface area contributed by atoms with Gasteiger partial charge in [-0.25, -0.2) is 10.3 Å². The molecule has 0 fully saturated rings. The Morgan fingerprint density at radius 2 is 2.14 bits per heavy atom. The molecule has 0 saturated heterocycles. The van der Waals surface area contributed by atoms with Gasteiger partial charge in [0.05, 0.1) is 6.20 Å². The first-order valence-electron chi connectivity index (χ1n) is 1.60. The first-order chi connectivity index (χ1) is 3.29. The van der Waals surface area contributed by atoms with Crippen LogP contribution in [0.4, 0.5) is 0 Å². The van der Waals surface area contributed by atoms with Gasteiger partial charge in [-0.2, -0.15) is 0 Å². The molecule has 1 heterocycles. The minimum atomic E-state index is 0.199. The van der Waals surface area contributed by atoms with Gasteiger partial charge in [-0.15, -0.1) is 0 Å². The van der Waals surface area contributed by atoms with Gasteiger partial charge in [-0.1, -0.05) is 11.6 Å². The third-order valence-corrected chi connectivity index (χ3v) is 0.841. The highest BCUT2D eigenvalue weighted by atomic mass is 35.5. The summed E-state index contributed by atoms with van der Waals surface area (Å²) in [4.78, 5) is 3.53. The fraction of sp³-hybridized carbons (Fsp3) is 0. The summed E-state index contributed by atoms with van der Waals surface area (Å²) >= 11 is 10.6. The predicted molar refractivity (Wildman–Crippen MR) is 29.4 cm³/mol. The molecule has 2 nitrogen and oxygen atoms in total. The predicted octanol–water partition coefficient (Wildman–Crippen LogP) is 1.24. The molecular formula is C3HCl2N2. The fourth-order valence-electron chi connectivity index (χ4n) is 0.252. The van der Waals surface area contributed by atoms with E-state index in [0.717, 1.165) is 0 Å². The number of hydrogen-bond acceptors (Lipinski definition) is 1. The molecule has 1 radical (unpaired) electrons. The molecule has 0 unspecified atom stereocenters. The van der Waals surface area contributed by atoms with Crippen LogP contribution in [-0.4, -0.2) is 5.29 Å². The molecule has 0 atom stereocenters. The number of aliphatic imine (C=N–C) groups is 1. The zero-order valence-electron chi connectivity index (χ0n) is 3.23. The van der Waals surface area contributed by atoms with E-state index in [4.69, 9.17) is 23.2 Å². The van der Waals surface area contributed by atoms with Crippen LogP contribution in [0.3, 0.4) is 0 Å². The van der Waals surface area contributed by atoms with E-state index in [2.05, 4.69) is 10.3 Å². The average Bonchev–Trinajstić information content (AvgIpc) is 1.87. The Hall–Kier alpha value is -0.210. The van der Waals surface area contributed by atoms with Crippen LogP contribution >= 0.6 is 23.2 Å². The van der Waals surface area contributed by atoms with Crippen LogP contribution in [0.15, 0.2) is 16.3 Å². The highest BCUT2D eigenvalue weighted by Gasteiger charge is 2.01. The van der Waals surface area contributed by atoms with Crippen LogP contribution in [-0.2, 0) is 0 Å². The van der Waals surface area contributed by atoms with Crippen molar-refractivity contribution in [1.29, 1.82) is 0 Å². The molecular weight excluding hydrogens is 135 g/mol. The van der Waals surface area contributed by atoms with Crippen molar-refractivity contribution in [3.63, 3.8) is 0 Å². The third kappa shape index (κ3) is 1.08. The highest BCUT2D eigenvalue weighted by molar-refractivity contribution is 6.65. The second-order valence-electron chi connectivity index (χ2n) is 0.962. The smallest absolute Gasteiger partial charge is 0.223 e. The molecule has 0 N–H and O–H groups in total. The van der Waals surface area contributed by atoms with E-state index in [1.165, 1.54) is 6.20 Å². The fourth-order valence-corrected chi connectivity index (χ4v) is 0.564. The molecule has 4 heteroatoms. The van der Waals surface area contributed by atoms with E-state index in [1.54, 1.807) is 0 Å². The molecule has 0 aromatic heterocycles. The van der Waals surface area contributed by atoms with Crippen LogP contribution in [0, 0.1) is 0 Å². The summed E-state index contributed by atoms with van der Waals surface area (Å²) < 4.78 is 0. The lowest BCUT2D eigenvalue weighted by molar-refractivity contribution is 1.33. The number of hydrogen-bond donors (Lipinski definition) is 0. The van der Waals surface area contributed by atoms with Crippen LogP contribution in [0.25, 0.3) is 0 Å². The van der Waals surface area contributed by atoms with Crippen LogP contribution < -0.4 is 5.32 Å². The van der Waals surface area contributed by atoms with Crippen molar-refractivity contribution in [2.75, 3.05) is 0 Å². The maximum Gasteiger partial charge on any atom is 0.223 e. The Morgan fingerprint density at radius 1 is 1.43 bits per heavy atom. The Morgan fingerprint density at radius 3 is 2.29 bits per heavy atom. The SMILES string of the molecule is ClC1=C[N]C(Cl)=N1. The van der Waals surface area contributed by atoms with E-state index in [9.17, 15) is 0 Å². The summed E-state index contributed by atoms with van der Waals surface area (Å²) in [6, 6.07) is 0. The van der Waals surface area contributed by atoms with Crippen molar-refractivity contribution in [2.24, 2.45) is 4.99 Å². The highest BCUT2D eigenvalue weighted by Crippen LogP contribution is 2.08. The zero-order chi connectivity index (χ0) is 5.28. The summed E-state index contributed by atoms with van der Waals surface area (Å²) in [6.45, 7) is 0. The first-order valence-corrected chi connectivity index (χ1v) is 2.35. The minimum absolute atomic E-state index is 0.199. The van der Waals surface area contributed by atoms with Gasteiger partial charge < -0.3 is 0 Å². The molecule has 1 rings (SSSR count). The van der Waals surface area contributed by atoms with Gasteiger partial charge >= 0.3 is 0 Å². The Labute approximate surface area is 50.8 Å². The summed E-state index contributed by atoms with van der Waals surface area (Å²) in [5, 5.41) is 4.08. The number of halogens is 2. The Kier molecular flexibility index (Phi) is 1.21. The van der Waals surface area contributed by atoms with Crippen molar-refractivity contribution in [2.45, 2.75) is 0 Å². The van der Waals surface area contributed by atoms with Crippen LogP contribution in [0.5, 0.6) is 0 Å². The molecule has 0 amide bonds. The minimum Gasteiger partial charge on any atom is -0.223 e. The van der Waals surface area contributed by atoms with Crippen LogP contribution in [0.1, 0.15) is 0 Å².